The second-order valence-electron chi connectivity index (χ2n) is 7.69. The summed E-state index contributed by atoms with van der Waals surface area (Å²) in [5, 5.41) is 10.3. The molecule has 3 heterocycles. The third-order valence-electron chi connectivity index (χ3n) is 5.02. The summed E-state index contributed by atoms with van der Waals surface area (Å²) in [4.78, 5) is 11.2. The molecule has 3 aromatic rings. The highest BCUT2D eigenvalue weighted by atomic mass is 32.1. The van der Waals surface area contributed by atoms with Crippen LogP contribution in [0.1, 0.15) is 44.2 Å². The fourth-order valence-electron chi connectivity index (χ4n) is 3.46. The molecular weight excluding hydrogens is 320 g/mol. The van der Waals surface area contributed by atoms with Crippen molar-refractivity contribution in [1.29, 1.82) is 0 Å². The highest BCUT2D eigenvalue weighted by Gasteiger charge is 2.29. The van der Waals surface area contributed by atoms with Crippen LogP contribution in [0.25, 0.3) is 21.0 Å². The molecule has 0 saturated carbocycles. The number of rotatable bonds is 2. The van der Waals surface area contributed by atoms with E-state index in [0.29, 0.717) is 23.0 Å². The lowest BCUT2D eigenvalue weighted by molar-refractivity contribution is 0.215. The van der Waals surface area contributed by atoms with Crippen LogP contribution >= 0.6 is 11.3 Å². The maximum absolute atomic E-state index is 9.13. The van der Waals surface area contributed by atoms with Crippen LogP contribution in [0.3, 0.4) is 0 Å². The van der Waals surface area contributed by atoms with Crippen molar-refractivity contribution in [3.8, 4) is 10.8 Å². The predicted molar refractivity (Wildman–Crippen MR) is 96.0 cm³/mol. The van der Waals surface area contributed by atoms with Gasteiger partial charge >= 0.3 is 0 Å². The molecule has 0 bridgehead atoms. The zero-order chi connectivity index (χ0) is 16.9. The maximum Gasteiger partial charge on any atom is 0.236 e. The minimum atomic E-state index is -0.126. The first-order chi connectivity index (χ1) is 11.4. The third-order valence-corrected chi connectivity index (χ3v) is 6.05. The van der Waals surface area contributed by atoms with Gasteiger partial charge in [0.05, 0.1) is 11.1 Å². The molecule has 0 aliphatic heterocycles. The Bertz CT molecular complexity index is 889. The smallest absolute Gasteiger partial charge is 0.236 e. The van der Waals surface area contributed by atoms with Gasteiger partial charge in [0.25, 0.3) is 0 Å². The predicted octanol–water partition coefficient (Wildman–Crippen LogP) is 4.59. The Morgan fingerprint density at radius 1 is 1.33 bits per heavy atom. The quantitative estimate of drug-likeness (QED) is 0.740. The first kappa shape index (κ1) is 15.8. The van der Waals surface area contributed by atoms with Gasteiger partial charge in [-0.15, -0.1) is 11.3 Å². The van der Waals surface area contributed by atoms with Gasteiger partial charge in [0.15, 0.2) is 0 Å². The second-order valence-corrected chi connectivity index (χ2v) is 8.73. The summed E-state index contributed by atoms with van der Waals surface area (Å²) in [6.07, 6.45) is 4.97. The summed E-state index contributed by atoms with van der Waals surface area (Å²) in [5.41, 5.74) is 2.98. The number of hydrogen-bond acceptors (Lipinski definition) is 5. The Balaban J connectivity index is 1.71. The monoisotopic (exact) mass is 342 g/mol. The van der Waals surface area contributed by atoms with Gasteiger partial charge in [0.1, 0.15) is 17.2 Å². The third kappa shape index (κ3) is 2.76. The number of thiophene rings is 1. The van der Waals surface area contributed by atoms with Gasteiger partial charge in [-0.05, 0) is 48.3 Å². The molecule has 0 fully saturated rings. The zero-order valence-corrected chi connectivity index (χ0v) is 15.1. The number of aliphatic hydroxyl groups is 1. The molecule has 0 spiro atoms. The molecule has 0 radical (unpaired) electrons. The lowest BCUT2D eigenvalue weighted by atomic mass is 9.71. The summed E-state index contributed by atoms with van der Waals surface area (Å²) in [6, 6.07) is 4.40. The Kier molecular flexibility index (Phi) is 3.73. The van der Waals surface area contributed by atoms with E-state index in [-0.39, 0.29) is 6.61 Å². The molecule has 0 aromatic carbocycles. The van der Waals surface area contributed by atoms with Crippen LogP contribution in [0.2, 0.25) is 0 Å². The van der Waals surface area contributed by atoms with Crippen LogP contribution in [0, 0.1) is 11.3 Å². The summed E-state index contributed by atoms with van der Waals surface area (Å²) in [5.74, 6) is 1.76. The molecule has 126 valence electrons. The normalized spacial score (nSPS) is 18.1. The molecule has 3 aromatic heterocycles. The molecule has 4 nitrogen and oxygen atoms in total. The minimum Gasteiger partial charge on any atom is -0.438 e. The molecule has 1 aliphatic carbocycles. The van der Waals surface area contributed by atoms with Crippen molar-refractivity contribution in [2.24, 2.45) is 11.3 Å². The highest BCUT2D eigenvalue weighted by Crippen LogP contribution is 2.39. The Morgan fingerprint density at radius 2 is 2.17 bits per heavy atom. The minimum absolute atomic E-state index is 0.126. The van der Waals surface area contributed by atoms with E-state index in [9.17, 15) is 0 Å². The van der Waals surface area contributed by atoms with Crippen molar-refractivity contribution in [2.75, 3.05) is 0 Å². The average molecular weight is 342 g/mol. The van der Waals surface area contributed by atoms with Crippen LogP contribution in [0.15, 0.2) is 22.7 Å². The van der Waals surface area contributed by atoms with Gasteiger partial charge in [0.2, 0.25) is 5.89 Å². The second kappa shape index (κ2) is 5.67. The molecule has 0 saturated heterocycles. The summed E-state index contributed by atoms with van der Waals surface area (Å²) < 4.78 is 5.56. The van der Waals surface area contributed by atoms with Crippen LogP contribution in [-0.2, 0) is 19.4 Å². The van der Waals surface area contributed by atoms with Gasteiger partial charge in [-0.1, -0.05) is 20.8 Å². The van der Waals surface area contributed by atoms with Gasteiger partial charge in [0, 0.05) is 11.1 Å². The number of aliphatic hydroxyl groups excluding tert-OH is 1. The van der Waals surface area contributed by atoms with Crippen molar-refractivity contribution in [2.45, 2.75) is 46.6 Å². The van der Waals surface area contributed by atoms with E-state index >= 15 is 0 Å². The van der Waals surface area contributed by atoms with Crippen LogP contribution in [0.4, 0.5) is 0 Å². The van der Waals surface area contributed by atoms with Gasteiger partial charge in [-0.2, -0.15) is 0 Å². The van der Waals surface area contributed by atoms with E-state index < -0.39 is 0 Å². The number of nitrogens with zero attached hydrogens (tertiary/aromatic N) is 2. The number of aromatic nitrogens is 2. The van der Waals surface area contributed by atoms with E-state index in [1.54, 1.807) is 17.5 Å². The number of pyridine rings is 1. The fraction of sp³-hybridized carbons (Fsp3) is 0.474. The summed E-state index contributed by atoms with van der Waals surface area (Å²) in [7, 11) is 0. The van der Waals surface area contributed by atoms with E-state index in [0.717, 1.165) is 27.9 Å². The van der Waals surface area contributed by atoms with E-state index in [1.807, 2.05) is 0 Å². The molecule has 24 heavy (non-hydrogen) atoms. The molecule has 1 aliphatic rings. The first-order valence-corrected chi connectivity index (χ1v) is 9.24. The fourth-order valence-corrected chi connectivity index (χ4v) is 4.43. The topological polar surface area (TPSA) is 59.2 Å². The highest BCUT2D eigenvalue weighted by molar-refractivity contribution is 7.21. The SMILES string of the molecule is CC(C)(C)C1CCc2nc3sc(-c4ncc(CO)o4)cc3cc2C1. The molecule has 4 rings (SSSR count). The molecule has 1 N–H and O–H groups in total. The van der Waals surface area contributed by atoms with Crippen LogP contribution < -0.4 is 0 Å². The van der Waals surface area contributed by atoms with Crippen LogP contribution in [0.5, 0.6) is 0 Å². The van der Waals surface area contributed by atoms with Crippen molar-refractivity contribution in [3.05, 3.63) is 35.3 Å². The number of oxazole rings is 1. The molecule has 1 atom stereocenters. The Hall–Kier alpha value is -1.72. The van der Waals surface area contributed by atoms with Gasteiger partial charge in [-0.3, -0.25) is 0 Å². The van der Waals surface area contributed by atoms with E-state index in [2.05, 4.69) is 37.9 Å². The van der Waals surface area contributed by atoms with E-state index in [4.69, 9.17) is 14.5 Å². The lowest BCUT2D eigenvalue weighted by Gasteiger charge is -2.34. The molecule has 1 unspecified atom stereocenters. The van der Waals surface area contributed by atoms with Crippen molar-refractivity contribution >= 4 is 21.6 Å². The molecular formula is C19H22N2O2S. The Labute approximate surface area is 145 Å². The largest absolute Gasteiger partial charge is 0.438 e. The zero-order valence-electron chi connectivity index (χ0n) is 14.3. The molecule has 5 heteroatoms. The van der Waals surface area contributed by atoms with E-state index in [1.165, 1.54) is 17.7 Å². The average Bonchev–Trinajstić information content (AvgIpc) is 3.17. The Morgan fingerprint density at radius 3 is 2.88 bits per heavy atom. The van der Waals surface area contributed by atoms with Gasteiger partial charge in [-0.25, -0.2) is 9.97 Å². The standard InChI is InChI=1S/C19H22N2O2S/c1-19(2,3)13-4-5-15-11(7-13)6-12-8-16(24-18(12)21-15)17-20-9-14(10-22)23-17/h6,8-9,13,22H,4-5,7,10H2,1-3H3. The summed E-state index contributed by atoms with van der Waals surface area (Å²) >= 11 is 1.60. The van der Waals surface area contributed by atoms with Crippen molar-refractivity contribution < 1.29 is 9.52 Å². The number of aryl methyl sites for hydroxylation is 1. The molecule has 0 amide bonds. The number of fused-ring (bicyclic) bond motifs is 2. The summed E-state index contributed by atoms with van der Waals surface area (Å²) in [6.45, 7) is 6.87. The number of hydrogen-bond donors (Lipinski definition) is 1. The first-order valence-electron chi connectivity index (χ1n) is 8.42. The maximum atomic E-state index is 9.13. The van der Waals surface area contributed by atoms with Gasteiger partial charge < -0.3 is 9.52 Å². The van der Waals surface area contributed by atoms with Crippen LogP contribution in [-0.4, -0.2) is 15.1 Å². The van der Waals surface area contributed by atoms with Crippen molar-refractivity contribution in [1.82, 2.24) is 9.97 Å². The lowest BCUT2D eigenvalue weighted by Crippen LogP contribution is -2.27. The van der Waals surface area contributed by atoms with Crippen molar-refractivity contribution in [3.63, 3.8) is 0 Å².